The van der Waals surface area contributed by atoms with Crippen molar-refractivity contribution in [2.75, 3.05) is 13.1 Å². The highest BCUT2D eigenvalue weighted by molar-refractivity contribution is 7.89. The molecule has 1 aromatic heterocycles. The van der Waals surface area contributed by atoms with Gasteiger partial charge in [0.15, 0.2) is 0 Å². The average molecular weight is 445 g/mol. The molecule has 0 spiro atoms. The molecule has 3 aromatic rings. The second kappa shape index (κ2) is 9.13. The Morgan fingerprint density at radius 2 is 1.80 bits per heavy atom. The maximum atomic E-state index is 13.0. The lowest BCUT2D eigenvalue weighted by molar-refractivity contribution is 0.320. The monoisotopic (exact) mass is 444 g/mol. The van der Waals surface area contributed by atoms with E-state index in [1.807, 2.05) is 0 Å². The first-order valence-corrected chi connectivity index (χ1v) is 12.7. The van der Waals surface area contributed by atoms with Gasteiger partial charge < -0.3 is 4.57 Å². The van der Waals surface area contributed by atoms with Crippen LogP contribution in [0.25, 0.3) is 10.9 Å². The quantitative estimate of drug-likeness (QED) is 0.416. The number of benzene rings is 2. The predicted octanol–water partition coefficient (Wildman–Crippen LogP) is 6.05. The molecule has 160 valence electrons. The Hall–Kier alpha value is -1.82. The molecule has 0 N–H and O–H groups in total. The summed E-state index contributed by atoms with van der Waals surface area (Å²) in [7, 11) is -3.50. The molecule has 1 fully saturated rings. The van der Waals surface area contributed by atoms with Crippen molar-refractivity contribution in [1.29, 1.82) is 0 Å². The smallest absolute Gasteiger partial charge is 0.243 e. The molecule has 1 aliphatic heterocycles. The number of para-hydroxylation sites is 1. The first kappa shape index (κ1) is 21.4. The van der Waals surface area contributed by atoms with Crippen LogP contribution in [0.5, 0.6) is 0 Å². The van der Waals surface area contributed by atoms with Crippen LogP contribution < -0.4 is 0 Å². The lowest BCUT2D eigenvalue weighted by Crippen LogP contribution is -2.37. The summed E-state index contributed by atoms with van der Waals surface area (Å²) in [6.45, 7) is 4.34. The van der Waals surface area contributed by atoms with E-state index in [1.54, 1.807) is 22.5 Å². The van der Waals surface area contributed by atoms with Crippen LogP contribution in [-0.4, -0.2) is 30.4 Å². The summed E-state index contributed by atoms with van der Waals surface area (Å²) < 4.78 is 30.0. The molecule has 6 heteroatoms. The zero-order valence-electron chi connectivity index (χ0n) is 17.4. The van der Waals surface area contributed by atoms with Crippen LogP contribution in [0.15, 0.2) is 59.6 Å². The Bertz CT molecular complexity index is 1120. The molecule has 0 bridgehead atoms. The van der Waals surface area contributed by atoms with Crippen molar-refractivity contribution in [2.45, 2.75) is 56.4 Å². The molecule has 2 heterocycles. The first-order chi connectivity index (χ1) is 14.5. The van der Waals surface area contributed by atoms with Crippen LogP contribution in [0.3, 0.4) is 0 Å². The van der Waals surface area contributed by atoms with Gasteiger partial charge in [0.25, 0.3) is 0 Å². The second-order valence-corrected chi connectivity index (χ2v) is 10.5. The van der Waals surface area contributed by atoms with E-state index < -0.39 is 10.0 Å². The first-order valence-electron chi connectivity index (χ1n) is 10.8. The SMILES string of the molecule is CCCCCn1cc(C2CCN(S(=O)(=O)c3cccc(Cl)c3)CC2)c2ccccc21. The number of aromatic nitrogens is 1. The van der Waals surface area contributed by atoms with Gasteiger partial charge in [0.05, 0.1) is 4.90 Å². The maximum absolute atomic E-state index is 13.0. The third-order valence-corrected chi connectivity index (χ3v) is 8.28. The summed E-state index contributed by atoms with van der Waals surface area (Å²) >= 11 is 6.01. The number of fused-ring (bicyclic) bond motifs is 1. The average Bonchev–Trinajstić information content (AvgIpc) is 3.13. The number of piperidine rings is 1. The van der Waals surface area contributed by atoms with E-state index in [0.29, 0.717) is 24.0 Å². The van der Waals surface area contributed by atoms with Gasteiger partial charge in [0.2, 0.25) is 10.0 Å². The van der Waals surface area contributed by atoms with E-state index in [9.17, 15) is 8.42 Å². The Kier molecular flexibility index (Phi) is 6.51. The lowest BCUT2D eigenvalue weighted by atomic mass is 9.90. The Morgan fingerprint density at radius 3 is 2.53 bits per heavy atom. The normalized spacial score (nSPS) is 16.3. The van der Waals surface area contributed by atoms with Gasteiger partial charge in [-0.1, -0.05) is 55.6 Å². The van der Waals surface area contributed by atoms with Crippen molar-refractivity contribution in [1.82, 2.24) is 8.87 Å². The fourth-order valence-electron chi connectivity index (χ4n) is 4.50. The van der Waals surface area contributed by atoms with Crippen molar-refractivity contribution in [3.05, 3.63) is 65.3 Å². The highest BCUT2D eigenvalue weighted by atomic mass is 35.5. The Labute approximate surface area is 184 Å². The van der Waals surface area contributed by atoms with Gasteiger partial charge in [-0.2, -0.15) is 4.31 Å². The molecule has 4 rings (SSSR count). The maximum Gasteiger partial charge on any atom is 0.243 e. The Balaban J connectivity index is 1.52. The lowest BCUT2D eigenvalue weighted by Gasteiger charge is -2.31. The van der Waals surface area contributed by atoms with Gasteiger partial charge in [-0.05, 0) is 55.0 Å². The highest BCUT2D eigenvalue weighted by Gasteiger charge is 2.31. The molecule has 4 nitrogen and oxygen atoms in total. The predicted molar refractivity (Wildman–Crippen MR) is 124 cm³/mol. The molecule has 2 aromatic carbocycles. The van der Waals surface area contributed by atoms with Crippen molar-refractivity contribution < 1.29 is 8.42 Å². The van der Waals surface area contributed by atoms with Gasteiger partial charge in [0, 0.05) is 41.8 Å². The number of sulfonamides is 1. The van der Waals surface area contributed by atoms with Crippen LogP contribution in [-0.2, 0) is 16.6 Å². The van der Waals surface area contributed by atoms with Crippen molar-refractivity contribution in [2.24, 2.45) is 0 Å². The molecule has 30 heavy (non-hydrogen) atoms. The molecule has 0 amide bonds. The summed E-state index contributed by atoms with van der Waals surface area (Å²) in [6.07, 6.45) is 7.62. The second-order valence-electron chi connectivity index (χ2n) is 8.14. The highest BCUT2D eigenvalue weighted by Crippen LogP contribution is 2.36. The number of hydrogen-bond donors (Lipinski definition) is 0. The molecule has 0 aliphatic carbocycles. The number of unbranched alkanes of at least 4 members (excludes halogenated alkanes) is 2. The number of aryl methyl sites for hydroxylation is 1. The minimum Gasteiger partial charge on any atom is -0.347 e. The van der Waals surface area contributed by atoms with Gasteiger partial charge in [0.1, 0.15) is 0 Å². The van der Waals surface area contributed by atoms with E-state index >= 15 is 0 Å². The van der Waals surface area contributed by atoms with Crippen LogP contribution >= 0.6 is 11.6 Å². The molecule has 0 atom stereocenters. The van der Waals surface area contributed by atoms with Crippen molar-refractivity contribution in [3.8, 4) is 0 Å². The third kappa shape index (κ3) is 4.29. The van der Waals surface area contributed by atoms with E-state index in [-0.39, 0.29) is 4.90 Å². The van der Waals surface area contributed by atoms with Crippen LogP contribution in [0.2, 0.25) is 5.02 Å². The minimum absolute atomic E-state index is 0.279. The zero-order valence-corrected chi connectivity index (χ0v) is 19.0. The van der Waals surface area contributed by atoms with Gasteiger partial charge in [-0.25, -0.2) is 8.42 Å². The summed E-state index contributed by atoms with van der Waals surface area (Å²) in [5, 5.41) is 1.76. The summed E-state index contributed by atoms with van der Waals surface area (Å²) in [5.41, 5.74) is 2.65. The molecule has 0 saturated carbocycles. The number of hydrogen-bond acceptors (Lipinski definition) is 2. The standard InChI is InChI=1S/C24H29ClN2O2S/c1-2-3-6-14-26-18-23(22-10-4-5-11-24(22)26)19-12-15-27(16-13-19)30(28,29)21-9-7-8-20(25)17-21/h4-5,7-11,17-19H,2-3,6,12-16H2,1H3. The fraction of sp³-hybridized carbons (Fsp3) is 0.417. The van der Waals surface area contributed by atoms with Crippen molar-refractivity contribution >= 4 is 32.5 Å². The topological polar surface area (TPSA) is 42.3 Å². The fourth-order valence-corrected chi connectivity index (χ4v) is 6.27. The largest absolute Gasteiger partial charge is 0.347 e. The molecule has 1 aliphatic rings. The third-order valence-electron chi connectivity index (χ3n) is 6.15. The Morgan fingerprint density at radius 1 is 1.03 bits per heavy atom. The number of nitrogens with zero attached hydrogens (tertiary/aromatic N) is 2. The van der Waals surface area contributed by atoms with Crippen molar-refractivity contribution in [3.63, 3.8) is 0 Å². The molecule has 0 radical (unpaired) electrons. The molecular formula is C24H29ClN2O2S. The molecule has 1 saturated heterocycles. The van der Waals surface area contributed by atoms with E-state index in [2.05, 4.69) is 42.0 Å². The van der Waals surface area contributed by atoms with Crippen LogP contribution in [0.1, 0.15) is 50.5 Å². The van der Waals surface area contributed by atoms with Gasteiger partial charge >= 0.3 is 0 Å². The zero-order chi connectivity index (χ0) is 21.1. The van der Waals surface area contributed by atoms with Crippen LogP contribution in [0.4, 0.5) is 0 Å². The molecular weight excluding hydrogens is 416 g/mol. The number of rotatable bonds is 7. The van der Waals surface area contributed by atoms with Gasteiger partial charge in [-0.3, -0.25) is 0 Å². The number of halogens is 1. The van der Waals surface area contributed by atoms with E-state index in [1.165, 1.54) is 41.8 Å². The van der Waals surface area contributed by atoms with Gasteiger partial charge in [-0.15, -0.1) is 0 Å². The summed E-state index contributed by atoms with van der Waals surface area (Å²) in [4.78, 5) is 0.279. The summed E-state index contributed by atoms with van der Waals surface area (Å²) in [6, 6.07) is 15.1. The summed E-state index contributed by atoms with van der Waals surface area (Å²) in [5.74, 6) is 0.383. The van der Waals surface area contributed by atoms with E-state index in [0.717, 1.165) is 19.4 Å². The van der Waals surface area contributed by atoms with E-state index in [4.69, 9.17) is 11.6 Å². The molecule has 0 unspecified atom stereocenters. The minimum atomic E-state index is -3.50. The van der Waals surface area contributed by atoms with Crippen LogP contribution in [0, 0.1) is 0 Å².